The summed E-state index contributed by atoms with van der Waals surface area (Å²) in [6.45, 7) is 2.08. The van der Waals surface area contributed by atoms with Gasteiger partial charge in [-0.3, -0.25) is 0 Å². The van der Waals surface area contributed by atoms with E-state index >= 15 is 0 Å². The summed E-state index contributed by atoms with van der Waals surface area (Å²) in [6, 6.07) is 5.45. The average molecular weight is 284 g/mol. The minimum atomic E-state index is -0.348. The van der Waals surface area contributed by atoms with Crippen molar-refractivity contribution in [1.29, 1.82) is 0 Å². The van der Waals surface area contributed by atoms with Crippen LogP contribution >= 0.6 is 23.2 Å². The van der Waals surface area contributed by atoms with Crippen molar-refractivity contribution >= 4 is 29.3 Å². The van der Waals surface area contributed by atoms with Crippen LogP contribution in [-0.4, -0.2) is 29.2 Å². The molecule has 0 unspecified atom stereocenters. The van der Waals surface area contributed by atoms with Crippen molar-refractivity contribution in [3.05, 3.63) is 39.5 Å². The smallest absolute Gasteiger partial charge is 0.0965 e. The maximum atomic E-state index is 10.3. The SMILES string of the molecule is O[C@H]1/C(=C/c2ccc(Cl)cc2Cl)N2CCC1CC2. The molecule has 4 heteroatoms. The molecule has 2 bridgehead atoms. The first-order chi connectivity index (χ1) is 8.65. The number of fused-ring (bicyclic) bond motifs is 3. The number of aliphatic hydroxyl groups is 1. The Labute approximate surface area is 117 Å². The Morgan fingerprint density at radius 2 is 1.94 bits per heavy atom. The Balaban J connectivity index is 1.96. The number of piperidine rings is 3. The number of nitrogens with zero attached hydrogens (tertiary/aromatic N) is 1. The molecule has 0 aliphatic carbocycles. The Morgan fingerprint density at radius 1 is 1.22 bits per heavy atom. The predicted octanol–water partition coefficient (Wildman–Crippen LogP) is 3.42. The molecule has 0 radical (unpaired) electrons. The van der Waals surface area contributed by atoms with Gasteiger partial charge in [0.25, 0.3) is 0 Å². The van der Waals surface area contributed by atoms with Gasteiger partial charge < -0.3 is 10.0 Å². The fraction of sp³-hybridized carbons (Fsp3) is 0.429. The molecule has 4 rings (SSSR count). The highest BCUT2D eigenvalue weighted by Gasteiger charge is 2.36. The van der Waals surface area contributed by atoms with E-state index in [1.165, 1.54) is 0 Å². The first kappa shape index (κ1) is 12.3. The van der Waals surface area contributed by atoms with Crippen molar-refractivity contribution in [2.45, 2.75) is 18.9 Å². The van der Waals surface area contributed by atoms with E-state index in [0.717, 1.165) is 37.2 Å². The quantitative estimate of drug-likeness (QED) is 0.854. The third-order valence-corrected chi connectivity index (χ3v) is 4.48. The van der Waals surface area contributed by atoms with Gasteiger partial charge in [0, 0.05) is 28.8 Å². The highest BCUT2D eigenvalue weighted by atomic mass is 35.5. The van der Waals surface area contributed by atoms with E-state index in [0.29, 0.717) is 16.0 Å². The zero-order valence-electron chi connectivity index (χ0n) is 9.94. The molecule has 0 aromatic heterocycles. The highest BCUT2D eigenvalue weighted by Crippen LogP contribution is 2.36. The molecule has 2 nitrogen and oxygen atoms in total. The number of aliphatic hydroxyl groups excluding tert-OH is 1. The lowest BCUT2D eigenvalue weighted by Crippen LogP contribution is -2.48. The van der Waals surface area contributed by atoms with Crippen LogP contribution in [0.2, 0.25) is 10.0 Å². The second kappa shape index (κ2) is 4.76. The lowest BCUT2D eigenvalue weighted by atomic mass is 9.83. The minimum Gasteiger partial charge on any atom is -0.387 e. The average Bonchev–Trinajstić information content (AvgIpc) is 2.37. The van der Waals surface area contributed by atoms with Crippen LogP contribution in [0.15, 0.2) is 23.9 Å². The summed E-state index contributed by atoms with van der Waals surface area (Å²) in [7, 11) is 0. The highest BCUT2D eigenvalue weighted by molar-refractivity contribution is 6.35. The minimum absolute atomic E-state index is 0.348. The van der Waals surface area contributed by atoms with E-state index in [4.69, 9.17) is 23.2 Å². The monoisotopic (exact) mass is 283 g/mol. The van der Waals surface area contributed by atoms with Gasteiger partial charge in [0.05, 0.1) is 6.10 Å². The van der Waals surface area contributed by atoms with Gasteiger partial charge in [-0.05, 0) is 42.5 Å². The van der Waals surface area contributed by atoms with E-state index in [-0.39, 0.29) is 6.10 Å². The van der Waals surface area contributed by atoms with Gasteiger partial charge in [0.2, 0.25) is 0 Å². The number of hydrogen-bond donors (Lipinski definition) is 1. The van der Waals surface area contributed by atoms with E-state index in [2.05, 4.69) is 4.90 Å². The standard InChI is InChI=1S/C14H15Cl2NO/c15-11-2-1-10(12(16)8-11)7-13-14(18)9-3-5-17(13)6-4-9/h1-2,7-9,14,18H,3-6H2/b13-7-/t14-/m1/s1. The molecule has 3 heterocycles. The van der Waals surface area contributed by atoms with Crippen LogP contribution in [0, 0.1) is 5.92 Å². The summed E-state index contributed by atoms with van der Waals surface area (Å²) >= 11 is 12.1. The molecule has 3 aliphatic heterocycles. The third kappa shape index (κ3) is 2.13. The maximum absolute atomic E-state index is 10.3. The number of benzene rings is 1. The molecular weight excluding hydrogens is 269 g/mol. The normalized spacial score (nSPS) is 29.1. The Bertz CT molecular complexity index is 489. The lowest BCUT2D eigenvalue weighted by molar-refractivity contribution is 0.0215. The van der Waals surface area contributed by atoms with Gasteiger partial charge in [0.1, 0.15) is 0 Å². The summed E-state index contributed by atoms with van der Waals surface area (Å²) in [5.74, 6) is 0.410. The third-order valence-electron chi connectivity index (χ3n) is 3.92. The zero-order valence-corrected chi connectivity index (χ0v) is 11.5. The van der Waals surface area contributed by atoms with Gasteiger partial charge in [-0.25, -0.2) is 0 Å². The molecule has 1 aromatic carbocycles. The summed E-state index contributed by atoms with van der Waals surface area (Å²) < 4.78 is 0. The van der Waals surface area contributed by atoms with Crippen molar-refractivity contribution in [3.63, 3.8) is 0 Å². The van der Waals surface area contributed by atoms with Crippen molar-refractivity contribution in [2.75, 3.05) is 13.1 Å². The summed E-state index contributed by atoms with van der Waals surface area (Å²) in [5, 5.41) is 11.5. The van der Waals surface area contributed by atoms with Crippen LogP contribution < -0.4 is 0 Å². The van der Waals surface area contributed by atoms with Crippen molar-refractivity contribution in [3.8, 4) is 0 Å². The van der Waals surface area contributed by atoms with Gasteiger partial charge in [-0.2, -0.15) is 0 Å². The van der Waals surface area contributed by atoms with Crippen LogP contribution in [0.25, 0.3) is 6.08 Å². The largest absolute Gasteiger partial charge is 0.387 e. The van der Waals surface area contributed by atoms with E-state index in [1.54, 1.807) is 6.07 Å². The lowest BCUT2D eigenvalue weighted by Gasteiger charge is -2.46. The Morgan fingerprint density at radius 3 is 2.56 bits per heavy atom. The zero-order chi connectivity index (χ0) is 12.7. The van der Waals surface area contributed by atoms with Crippen molar-refractivity contribution in [2.24, 2.45) is 5.92 Å². The summed E-state index contributed by atoms with van der Waals surface area (Å²) in [4.78, 5) is 2.26. The van der Waals surface area contributed by atoms with Crippen molar-refractivity contribution in [1.82, 2.24) is 4.90 Å². The van der Waals surface area contributed by atoms with E-state index < -0.39 is 0 Å². The van der Waals surface area contributed by atoms with Crippen molar-refractivity contribution < 1.29 is 5.11 Å². The van der Waals surface area contributed by atoms with Crippen LogP contribution in [0.3, 0.4) is 0 Å². The second-order valence-electron chi connectivity index (χ2n) is 5.00. The van der Waals surface area contributed by atoms with Crippen LogP contribution in [0.4, 0.5) is 0 Å². The van der Waals surface area contributed by atoms with E-state index in [9.17, 15) is 5.11 Å². The number of rotatable bonds is 1. The molecule has 3 fully saturated rings. The molecule has 1 aromatic rings. The molecule has 3 aliphatic rings. The van der Waals surface area contributed by atoms with Crippen LogP contribution in [0.5, 0.6) is 0 Å². The molecule has 3 saturated heterocycles. The maximum Gasteiger partial charge on any atom is 0.0965 e. The summed E-state index contributed by atoms with van der Waals surface area (Å²) in [6.07, 6.45) is 3.83. The molecule has 0 spiro atoms. The Hall–Kier alpha value is -0.700. The number of halogens is 2. The first-order valence-corrected chi connectivity index (χ1v) is 7.00. The molecule has 0 saturated carbocycles. The van der Waals surface area contributed by atoms with Gasteiger partial charge in [-0.1, -0.05) is 29.3 Å². The molecule has 18 heavy (non-hydrogen) atoms. The molecule has 0 amide bonds. The molecular formula is C14H15Cl2NO. The molecule has 96 valence electrons. The van der Waals surface area contributed by atoms with E-state index in [1.807, 2.05) is 18.2 Å². The van der Waals surface area contributed by atoms with Gasteiger partial charge in [0.15, 0.2) is 0 Å². The second-order valence-corrected chi connectivity index (χ2v) is 5.85. The van der Waals surface area contributed by atoms with Crippen LogP contribution in [-0.2, 0) is 0 Å². The summed E-state index contributed by atoms with van der Waals surface area (Å²) in [5.41, 5.74) is 1.92. The molecule has 1 N–H and O–H groups in total. The van der Waals surface area contributed by atoms with Crippen LogP contribution in [0.1, 0.15) is 18.4 Å². The fourth-order valence-corrected chi connectivity index (χ4v) is 3.32. The predicted molar refractivity (Wildman–Crippen MR) is 74.7 cm³/mol. The molecule has 1 atom stereocenters. The topological polar surface area (TPSA) is 23.5 Å². The number of hydrogen-bond acceptors (Lipinski definition) is 2. The van der Waals surface area contributed by atoms with Gasteiger partial charge in [-0.15, -0.1) is 0 Å². The fourth-order valence-electron chi connectivity index (χ4n) is 2.86. The van der Waals surface area contributed by atoms with Gasteiger partial charge >= 0.3 is 0 Å². The Kier molecular flexibility index (Phi) is 3.27. The first-order valence-electron chi connectivity index (χ1n) is 6.25.